The van der Waals surface area contributed by atoms with E-state index in [4.69, 9.17) is 4.74 Å². The van der Waals surface area contributed by atoms with Gasteiger partial charge in [-0.05, 0) is 25.0 Å². The van der Waals surface area contributed by atoms with Crippen molar-refractivity contribution >= 4 is 28.8 Å². The number of benzene rings is 1. The summed E-state index contributed by atoms with van der Waals surface area (Å²) in [5, 5.41) is 4.94. The van der Waals surface area contributed by atoms with Gasteiger partial charge in [0.15, 0.2) is 0 Å². The average molecular weight is 359 g/mol. The van der Waals surface area contributed by atoms with E-state index in [0.29, 0.717) is 13.1 Å². The lowest BCUT2D eigenvalue weighted by molar-refractivity contribution is -0.138. The Labute approximate surface area is 150 Å². The second-order valence-corrected chi connectivity index (χ2v) is 6.77. The Hall–Kier alpha value is -2.25. The van der Waals surface area contributed by atoms with Crippen LogP contribution >= 0.6 is 11.3 Å². The number of nitrogens with zero attached hydrogens (tertiary/aromatic N) is 2. The van der Waals surface area contributed by atoms with Gasteiger partial charge in [-0.2, -0.15) is 0 Å². The van der Waals surface area contributed by atoms with E-state index >= 15 is 0 Å². The quantitative estimate of drug-likeness (QED) is 0.891. The Bertz CT molecular complexity index is 716. The van der Waals surface area contributed by atoms with Gasteiger partial charge in [0.1, 0.15) is 6.61 Å². The van der Waals surface area contributed by atoms with E-state index in [2.05, 4.69) is 10.3 Å². The summed E-state index contributed by atoms with van der Waals surface area (Å²) in [6.07, 6.45) is 1.62. The number of anilines is 1. The Kier molecular flexibility index (Phi) is 5.78. The molecule has 25 heavy (non-hydrogen) atoms. The van der Waals surface area contributed by atoms with Gasteiger partial charge in [-0.25, -0.2) is 4.98 Å². The number of methoxy groups -OCH3 is 1. The van der Waals surface area contributed by atoms with Crippen LogP contribution in [0.25, 0.3) is 11.3 Å². The topological polar surface area (TPSA) is 71.5 Å². The minimum Gasteiger partial charge on any atom is -0.375 e. The first kappa shape index (κ1) is 17.6. The molecule has 2 heterocycles. The molecule has 2 aromatic rings. The fraction of sp³-hybridized carbons (Fsp3) is 0.389. The number of likely N-dealkylation sites (tertiary alicyclic amines) is 1. The number of hydrogen-bond donors (Lipinski definition) is 1. The fourth-order valence-electron chi connectivity index (χ4n) is 2.96. The molecule has 0 radical (unpaired) electrons. The van der Waals surface area contributed by atoms with Gasteiger partial charge >= 0.3 is 0 Å². The van der Waals surface area contributed by atoms with Crippen LogP contribution in [0.4, 0.5) is 5.69 Å². The molecule has 1 unspecified atom stereocenters. The third-order valence-electron chi connectivity index (χ3n) is 4.29. The highest BCUT2D eigenvalue weighted by Crippen LogP contribution is 2.23. The number of piperidine rings is 1. The molecule has 2 amide bonds. The van der Waals surface area contributed by atoms with E-state index in [1.807, 2.05) is 29.6 Å². The number of hydrogen-bond acceptors (Lipinski definition) is 5. The van der Waals surface area contributed by atoms with Crippen LogP contribution in [0.3, 0.4) is 0 Å². The van der Waals surface area contributed by atoms with Gasteiger partial charge < -0.3 is 15.0 Å². The number of carbonyl (C=O) groups is 2. The van der Waals surface area contributed by atoms with E-state index in [0.717, 1.165) is 29.8 Å². The van der Waals surface area contributed by atoms with E-state index in [-0.39, 0.29) is 24.3 Å². The van der Waals surface area contributed by atoms with Gasteiger partial charge in [0.05, 0.1) is 17.1 Å². The zero-order valence-corrected chi connectivity index (χ0v) is 14.9. The van der Waals surface area contributed by atoms with Gasteiger partial charge in [0.25, 0.3) is 0 Å². The molecule has 1 fully saturated rings. The molecular formula is C18H21N3O3S. The number of thiazole rings is 1. The summed E-state index contributed by atoms with van der Waals surface area (Å²) in [5.74, 6) is -0.295. The molecule has 1 aliphatic heterocycles. The zero-order valence-electron chi connectivity index (χ0n) is 14.1. The average Bonchev–Trinajstić information content (AvgIpc) is 3.17. The van der Waals surface area contributed by atoms with Crippen LogP contribution in [0.1, 0.15) is 12.8 Å². The van der Waals surface area contributed by atoms with Gasteiger partial charge in [0, 0.05) is 36.8 Å². The highest BCUT2D eigenvalue weighted by Gasteiger charge is 2.28. The molecule has 1 N–H and O–H groups in total. The Morgan fingerprint density at radius 1 is 1.36 bits per heavy atom. The maximum atomic E-state index is 12.5. The maximum absolute atomic E-state index is 12.5. The predicted molar refractivity (Wildman–Crippen MR) is 97.4 cm³/mol. The Balaban J connectivity index is 1.59. The molecule has 1 saturated heterocycles. The summed E-state index contributed by atoms with van der Waals surface area (Å²) in [5.41, 5.74) is 4.50. The minimum absolute atomic E-state index is 0.0451. The number of nitrogens with one attached hydrogen (secondary N) is 1. The van der Waals surface area contributed by atoms with Crippen molar-refractivity contribution < 1.29 is 14.3 Å². The van der Waals surface area contributed by atoms with E-state index in [1.54, 1.807) is 21.7 Å². The maximum Gasteiger partial charge on any atom is 0.248 e. The van der Waals surface area contributed by atoms with Crippen molar-refractivity contribution in [1.82, 2.24) is 9.88 Å². The highest BCUT2D eigenvalue weighted by molar-refractivity contribution is 7.07. The van der Waals surface area contributed by atoms with Crippen LogP contribution in [0.5, 0.6) is 0 Å². The largest absolute Gasteiger partial charge is 0.375 e. The van der Waals surface area contributed by atoms with E-state index in [1.165, 1.54) is 7.11 Å². The zero-order chi connectivity index (χ0) is 17.6. The fourth-order valence-corrected chi connectivity index (χ4v) is 3.52. The number of amides is 2. The van der Waals surface area contributed by atoms with Gasteiger partial charge in [-0.3, -0.25) is 9.59 Å². The second-order valence-electron chi connectivity index (χ2n) is 6.05. The van der Waals surface area contributed by atoms with Gasteiger partial charge in [0.2, 0.25) is 11.8 Å². The van der Waals surface area contributed by atoms with Crippen molar-refractivity contribution in [1.29, 1.82) is 0 Å². The molecule has 132 valence electrons. The summed E-state index contributed by atoms with van der Waals surface area (Å²) in [6.45, 7) is 1.20. The molecule has 6 nitrogen and oxygen atoms in total. The summed E-state index contributed by atoms with van der Waals surface area (Å²) in [4.78, 5) is 30.4. The second kappa shape index (κ2) is 8.22. The molecule has 1 aromatic heterocycles. The standard InChI is InChI=1S/C18H21N3O3S/c1-24-10-17(22)21-8-2-3-14(9-21)18(23)20-15-6-4-13(5-7-15)16-11-25-12-19-16/h4-7,11-12,14H,2-3,8-10H2,1H3,(H,20,23). The predicted octanol–water partition coefficient (Wildman–Crippen LogP) is 2.63. The van der Waals surface area contributed by atoms with Crippen molar-refractivity contribution in [3.8, 4) is 11.3 Å². The lowest BCUT2D eigenvalue weighted by atomic mass is 9.97. The number of aromatic nitrogens is 1. The van der Waals surface area contributed by atoms with Crippen LogP contribution in [-0.2, 0) is 14.3 Å². The third kappa shape index (κ3) is 4.43. The van der Waals surface area contributed by atoms with Crippen molar-refractivity contribution in [2.24, 2.45) is 5.92 Å². The number of ether oxygens (including phenoxy) is 1. The molecule has 0 spiro atoms. The van der Waals surface area contributed by atoms with Crippen molar-refractivity contribution in [3.05, 3.63) is 35.2 Å². The smallest absolute Gasteiger partial charge is 0.248 e. The molecule has 1 aliphatic rings. The third-order valence-corrected chi connectivity index (χ3v) is 4.88. The summed E-state index contributed by atoms with van der Waals surface area (Å²) in [7, 11) is 1.50. The van der Waals surface area contributed by atoms with Crippen molar-refractivity contribution in [2.75, 3.05) is 32.1 Å². The summed E-state index contributed by atoms with van der Waals surface area (Å²) < 4.78 is 4.89. The van der Waals surface area contributed by atoms with Crippen LogP contribution in [0.15, 0.2) is 35.2 Å². The lowest BCUT2D eigenvalue weighted by Gasteiger charge is -2.31. The number of carbonyl (C=O) groups excluding carboxylic acids is 2. The minimum atomic E-state index is -0.187. The normalized spacial score (nSPS) is 17.3. The molecular weight excluding hydrogens is 338 g/mol. The Morgan fingerprint density at radius 2 is 2.16 bits per heavy atom. The summed E-state index contributed by atoms with van der Waals surface area (Å²) >= 11 is 1.55. The molecule has 0 aliphatic carbocycles. The molecule has 7 heteroatoms. The van der Waals surface area contributed by atoms with E-state index < -0.39 is 0 Å². The molecule has 1 atom stereocenters. The molecule has 0 bridgehead atoms. The van der Waals surface area contributed by atoms with Gasteiger partial charge in [-0.15, -0.1) is 11.3 Å². The van der Waals surface area contributed by atoms with Crippen LogP contribution in [-0.4, -0.2) is 48.5 Å². The molecule has 3 rings (SSSR count). The highest BCUT2D eigenvalue weighted by atomic mass is 32.1. The molecule has 0 saturated carbocycles. The van der Waals surface area contributed by atoms with E-state index in [9.17, 15) is 9.59 Å². The van der Waals surface area contributed by atoms with Crippen LogP contribution in [0.2, 0.25) is 0 Å². The first-order valence-electron chi connectivity index (χ1n) is 8.23. The Morgan fingerprint density at radius 3 is 2.84 bits per heavy atom. The van der Waals surface area contributed by atoms with Gasteiger partial charge in [-0.1, -0.05) is 12.1 Å². The first-order valence-corrected chi connectivity index (χ1v) is 9.18. The first-order chi connectivity index (χ1) is 12.2. The van der Waals surface area contributed by atoms with Crippen LogP contribution < -0.4 is 5.32 Å². The van der Waals surface area contributed by atoms with Crippen molar-refractivity contribution in [3.63, 3.8) is 0 Å². The number of rotatable bonds is 5. The monoisotopic (exact) mass is 359 g/mol. The summed E-state index contributed by atoms with van der Waals surface area (Å²) in [6, 6.07) is 7.65. The molecule has 1 aromatic carbocycles. The van der Waals surface area contributed by atoms with Crippen LogP contribution in [0, 0.1) is 5.92 Å². The lowest BCUT2D eigenvalue weighted by Crippen LogP contribution is -2.45. The van der Waals surface area contributed by atoms with Crippen molar-refractivity contribution in [2.45, 2.75) is 12.8 Å². The SMILES string of the molecule is COCC(=O)N1CCCC(C(=O)Nc2ccc(-c3cscn3)cc2)C1.